The number of rotatable bonds is 11. The van der Waals surface area contributed by atoms with Crippen molar-refractivity contribution >= 4 is 50.0 Å². The summed E-state index contributed by atoms with van der Waals surface area (Å²) in [6.07, 6.45) is 0.564. The maximum absolute atomic E-state index is 12.6. The van der Waals surface area contributed by atoms with Crippen molar-refractivity contribution in [1.82, 2.24) is 9.99 Å². The number of hydrazone groups is 1. The molecular formula is C30H29Br2N3O7. The van der Waals surface area contributed by atoms with Crippen molar-refractivity contribution in [3.63, 3.8) is 0 Å². The molecule has 2 heterocycles. The van der Waals surface area contributed by atoms with Gasteiger partial charge < -0.3 is 27.9 Å². The van der Waals surface area contributed by atoms with Crippen LogP contribution in [0.1, 0.15) is 40.2 Å². The molecule has 42 heavy (non-hydrogen) atoms. The van der Waals surface area contributed by atoms with Gasteiger partial charge in [-0.1, -0.05) is 0 Å². The number of carbonyl (C=O) groups excluding carboxylic acids is 2. The van der Waals surface area contributed by atoms with Gasteiger partial charge in [-0.3, -0.25) is 4.79 Å². The predicted molar refractivity (Wildman–Crippen MR) is 164 cm³/mol. The van der Waals surface area contributed by atoms with Crippen molar-refractivity contribution in [3.05, 3.63) is 92.0 Å². The molecule has 4 rings (SSSR count). The summed E-state index contributed by atoms with van der Waals surface area (Å²) in [5.74, 6) is 0.819. The van der Waals surface area contributed by atoms with Gasteiger partial charge in [0.15, 0.2) is 23.4 Å². The highest BCUT2D eigenvalue weighted by molar-refractivity contribution is 9.13. The lowest BCUT2D eigenvalue weighted by molar-refractivity contribution is -0.148. The zero-order valence-electron chi connectivity index (χ0n) is 23.6. The number of amides is 1. The van der Waals surface area contributed by atoms with E-state index in [1.165, 1.54) is 20.4 Å². The molecule has 0 fully saturated rings. The lowest BCUT2D eigenvalue weighted by Gasteiger charge is -2.18. The molecule has 1 N–H and O–H groups in total. The van der Waals surface area contributed by atoms with E-state index in [-0.39, 0.29) is 12.4 Å². The smallest absolute Gasteiger partial charge is 0.346 e. The summed E-state index contributed by atoms with van der Waals surface area (Å²) >= 11 is 6.93. The Labute approximate surface area is 259 Å². The van der Waals surface area contributed by atoms with Crippen LogP contribution in [0.4, 0.5) is 0 Å². The van der Waals surface area contributed by atoms with Crippen molar-refractivity contribution < 1.29 is 33.0 Å². The van der Waals surface area contributed by atoms with E-state index in [1.807, 2.05) is 24.3 Å². The number of furan rings is 1. The number of esters is 1. The summed E-state index contributed by atoms with van der Waals surface area (Å²) in [4.78, 5) is 24.4. The van der Waals surface area contributed by atoms with E-state index < -0.39 is 18.0 Å². The van der Waals surface area contributed by atoms with Crippen LogP contribution in [-0.2, 0) is 16.1 Å². The molecule has 1 amide bonds. The van der Waals surface area contributed by atoms with E-state index in [4.69, 9.17) is 23.4 Å². The van der Waals surface area contributed by atoms with Gasteiger partial charge in [0, 0.05) is 27.1 Å². The molecule has 4 aromatic rings. The standard InChI is InChI=1S/C30H29Br2N3O7/c1-17-6-7-18(2)35(17)21-8-10-22(11-9-21)40-16-23-12-13-24(42-23)29(36)34-33-15-20-14-25(38-4)28(27(32)26(20)31)41-19(3)30(37)39-5/h6-15,19H,16H2,1-5H3,(H,34,36)/b33-15+/t19-/m1/s1. The van der Waals surface area contributed by atoms with Crippen molar-refractivity contribution in [2.75, 3.05) is 14.2 Å². The van der Waals surface area contributed by atoms with Gasteiger partial charge in [-0.25, -0.2) is 10.2 Å². The number of nitrogens with zero attached hydrogens (tertiary/aromatic N) is 2. The number of hydrogen-bond acceptors (Lipinski definition) is 8. The Morgan fingerprint density at radius 1 is 1.02 bits per heavy atom. The number of nitrogens with one attached hydrogen (secondary N) is 1. The predicted octanol–water partition coefficient (Wildman–Crippen LogP) is 6.50. The summed E-state index contributed by atoms with van der Waals surface area (Å²) in [7, 11) is 2.74. The normalized spacial score (nSPS) is 11.8. The topological polar surface area (TPSA) is 114 Å². The molecule has 0 aliphatic rings. The third-order valence-electron chi connectivity index (χ3n) is 6.21. The average molecular weight is 703 g/mol. The van der Waals surface area contributed by atoms with E-state index >= 15 is 0 Å². The van der Waals surface area contributed by atoms with Crippen LogP contribution in [-0.4, -0.2) is 43.0 Å². The Kier molecular flexibility index (Phi) is 10.1. The Bertz CT molecular complexity index is 1590. The molecule has 0 unspecified atom stereocenters. The van der Waals surface area contributed by atoms with E-state index in [1.54, 1.807) is 25.1 Å². The molecule has 1 atom stereocenters. The highest BCUT2D eigenvalue weighted by Gasteiger charge is 2.22. The first-order valence-corrected chi connectivity index (χ1v) is 14.3. The van der Waals surface area contributed by atoms with Crippen molar-refractivity contribution in [2.45, 2.75) is 33.5 Å². The molecule has 12 heteroatoms. The summed E-state index contributed by atoms with van der Waals surface area (Å²) in [6, 6.07) is 16.8. The molecule has 0 spiro atoms. The molecule has 0 saturated heterocycles. The first-order chi connectivity index (χ1) is 20.1. The van der Waals surface area contributed by atoms with Gasteiger partial charge in [0.1, 0.15) is 18.1 Å². The Morgan fingerprint density at radius 3 is 2.36 bits per heavy atom. The Balaban J connectivity index is 1.35. The number of hydrogen-bond donors (Lipinski definition) is 1. The lowest BCUT2D eigenvalue weighted by Crippen LogP contribution is -2.25. The van der Waals surface area contributed by atoms with E-state index in [9.17, 15) is 9.59 Å². The van der Waals surface area contributed by atoms with Crippen molar-refractivity contribution in [3.8, 4) is 22.9 Å². The van der Waals surface area contributed by atoms with Crippen molar-refractivity contribution in [1.29, 1.82) is 0 Å². The first kappa shape index (κ1) is 30.9. The quantitative estimate of drug-likeness (QED) is 0.108. The van der Waals surface area contributed by atoms with Crippen LogP contribution >= 0.6 is 31.9 Å². The molecule has 10 nitrogen and oxygen atoms in total. The van der Waals surface area contributed by atoms with Crippen LogP contribution in [0.15, 0.2) is 73.1 Å². The van der Waals surface area contributed by atoms with Crippen LogP contribution < -0.4 is 19.6 Å². The molecule has 0 aliphatic heterocycles. The van der Waals surface area contributed by atoms with Gasteiger partial charge in [-0.05, 0) is 107 Å². The number of aromatic nitrogens is 1. The monoisotopic (exact) mass is 701 g/mol. The van der Waals surface area contributed by atoms with Crippen LogP contribution in [0.3, 0.4) is 0 Å². The third kappa shape index (κ3) is 7.05. The fourth-order valence-corrected chi connectivity index (χ4v) is 4.98. The number of benzene rings is 2. The SMILES string of the molecule is COC(=O)[C@@H](C)Oc1c(OC)cc(/C=N/NC(=O)c2ccc(COc3ccc(-n4c(C)ccc4C)cc3)o2)c(Br)c1Br. The van der Waals surface area contributed by atoms with Crippen LogP contribution in [0.2, 0.25) is 0 Å². The number of methoxy groups -OCH3 is 2. The molecular weight excluding hydrogens is 674 g/mol. The van der Waals surface area contributed by atoms with Gasteiger partial charge in [0.25, 0.3) is 0 Å². The molecule has 0 bridgehead atoms. The second-order valence-electron chi connectivity index (χ2n) is 9.11. The second kappa shape index (κ2) is 13.8. The Morgan fingerprint density at radius 2 is 1.71 bits per heavy atom. The average Bonchev–Trinajstić information content (AvgIpc) is 3.61. The zero-order valence-corrected chi connectivity index (χ0v) is 26.7. The maximum Gasteiger partial charge on any atom is 0.346 e. The fraction of sp³-hybridized carbons (Fsp3) is 0.233. The summed E-state index contributed by atoms with van der Waals surface area (Å²) in [5.41, 5.74) is 6.37. The summed E-state index contributed by atoms with van der Waals surface area (Å²) in [5, 5.41) is 4.03. The molecule has 0 saturated carbocycles. The summed E-state index contributed by atoms with van der Waals surface area (Å²) < 4.78 is 30.5. The second-order valence-corrected chi connectivity index (χ2v) is 10.7. The van der Waals surface area contributed by atoms with Gasteiger partial charge in [0.05, 0.1) is 24.9 Å². The minimum Gasteiger partial charge on any atom is -0.493 e. The largest absolute Gasteiger partial charge is 0.493 e. The van der Waals surface area contributed by atoms with Gasteiger partial charge >= 0.3 is 11.9 Å². The first-order valence-electron chi connectivity index (χ1n) is 12.7. The van der Waals surface area contributed by atoms with Gasteiger partial charge in [-0.15, -0.1) is 0 Å². The maximum atomic E-state index is 12.6. The van der Waals surface area contributed by atoms with E-state index in [0.29, 0.717) is 37.5 Å². The van der Waals surface area contributed by atoms with Crippen LogP contribution in [0, 0.1) is 13.8 Å². The minimum absolute atomic E-state index is 0.0815. The highest BCUT2D eigenvalue weighted by atomic mass is 79.9. The fourth-order valence-electron chi connectivity index (χ4n) is 4.07. The van der Waals surface area contributed by atoms with E-state index in [0.717, 1.165) is 17.1 Å². The summed E-state index contributed by atoms with van der Waals surface area (Å²) in [6.45, 7) is 5.84. The minimum atomic E-state index is -0.862. The molecule has 0 radical (unpaired) electrons. The zero-order chi connectivity index (χ0) is 30.4. The number of halogens is 2. The van der Waals surface area contributed by atoms with Gasteiger partial charge in [-0.2, -0.15) is 5.10 Å². The van der Waals surface area contributed by atoms with Gasteiger partial charge in [0.2, 0.25) is 0 Å². The number of carbonyl (C=O) groups is 2. The molecule has 220 valence electrons. The highest BCUT2D eigenvalue weighted by Crippen LogP contribution is 2.42. The lowest BCUT2D eigenvalue weighted by atomic mass is 10.2. The number of aryl methyl sites for hydroxylation is 2. The Hall–Kier alpha value is -4.03. The number of ether oxygens (including phenoxy) is 4. The van der Waals surface area contributed by atoms with Crippen LogP contribution in [0.5, 0.6) is 17.2 Å². The molecule has 2 aromatic heterocycles. The third-order valence-corrected chi connectivity index (χ3v) is 8.35. The molecule has 2 aromatic carbocycles. The van der Waals surface area contributed by atoms with Crippen molar-refractivity contribution in [2.24, 2.45) is 5.10 Å². The van der Waals surface area contributed by atoms with E-state index in [2.05, 4.69) is 72.9 Å². The molecule has 0 aliphatic carbocycles. The van der Waals surface area contributed by atoms with Crippen LogP contribution in [0.25, 0.3) is 5.69 Å².